The fraction of sp³-hybridized carbons (Fsp3) is 0.344. The highest BCUT2D eigenvalue weighted by Gasteiger charge is 2.39. The monoisotopic (exact) mass is 569 g/mol. The molecule has 2 heterocycles. The van der Waals surface area contributed by atoms with Gasteiger partial charge in [0.1, 0.15) is 0 Å². The average Bonchev–Trinajstić information content (AvgIpc) is 3.68. The summed E-state index contributed by atoms with van der Waals surface area (Å²) in [6, 6.07) is 15.7. The summed E-state index contributed by atoms with van der Waals surface area (Å²) in [4.78, 5) is 35.1. The smallest absolute Gasteiger partial charge is 0.293 e. The van der Waals surface area contributed by atoms with E-state index in [0.717, 1.165) is 39.5 Å². The minimum atomic E-state index is -0.234. The van der Waals surface area contributed by atoms with Crippen molar-refractivity contribution in [1.82, 2.24) is 14.5 Å². The number of hydrogen-bond acceptors (Lipinski definition) is 7. The van der Waals surface area contributed by atoms with Crippen LogP contribution in [0.4, 0.5) is 17.2 Å². The summed E-state index contributed by atoms with van der Waals surface area (Å²) in [6.07, 6.45) is 5.47. The Morgan fingerprint density at radius 3 is 2.71 bits per heavy atom. The fourth-order valence-corrected chi connectivity index (χ4v) is 7.40. The molecule has 8 nitrogen and oxygen atoms in total. The van der Waals surface area contributed by atoms with E-state index in [0.29, 0.717) is 24.1 Å². The molecular formula is C32H35N5O3S. The molecule has 6 rings (SSSR count). The largest absolute Gasteiger partial charge is 0.395 e. The van der Waals surface area contributed by atoms with Gasteiger partial charge in [-0.1, -0.05) is 24.3 Å². The van der Waals surface area contributed by atoms with Crippen molar-refractivity contribution in [3.05, 3.63) is 91.5 Å². The molecule has 2 unspecified atom stereocenters. The Hall–Kier alpha value is -3.79. The molecule has 3 N–H and O–H groups in total. The number of hydrogen-bond donors (Lipinski definition) is 3. The Morgan fingerprint density at radius 1 is 1.17 bits per heavy atom. The van der Waals surface area contributed by atoms with Crippen LogP contribution in [0.3, 0.4) is 0 Å². The number of nitrogens with zero attached hydrogens (tertiary/aromatic N) is 3. The zero-order valence-corrected chi connectivity index (χ0v) is 24.4. The van der Waals surface area contributed by atoms with Crippen LogP contribution in [-0.4, -0.2) is 45.7 Å². The van der Waals surface area contributed by atoms with Gasteiger partial charge in [0.2, 0.25) is 0 Å². The third kappa shape index (κ3) is 5.45. The van der Waals surface area contributed by atoms with E-state index in [2.05, 4.69) is 16.7 Å². The van der Waals surface area contributed by atoms with Crippen LogP contribution in [0.25, 0.3) is 11.3 Å². The second-order valence-electron chi connectivity index (χ2n) is 11.2. The van der Waals surface area contributed by atoms with Crippen molar-refractivity contribution in [3.8, 4) is 11.3 Å². The quantitative estimate of drug-likeness (QED) is 0.243. The first-order valence-electron chi connectivity index (χ1n) is 14.1. The lowest BCUT2D eigenvalue weighted by molar-refractivity contribution is 0.103. The summed E-state index contributed by atoms with van der Waals surface area (Å²) >= 11 is 1.65. The normalized spacial score (nSPS) is 17.2. The number of aliphatic hydroxyl groups is 1. The molecule has 2 aromatic heterocycles. The van der Waals surface area contributed by atoms with Gasteiger partial charge in [-0.05, 0) is 86.0 Å². The summed E-state index contributed by atoms with van der Waals surface area (Å²) in [7, 11) is 3.67. The first-order chi connectivity index (χ1) is 19.8. The standard InChI is InChI=1S/C32H35N5O3S/c1-19-24(5-4-6-26(19)35-31(39)28-16-25-21-9-10-22(15-21)29(25)41-28)27-18-37(3)32(40)30(34-27)33-23-11-7-20(8-12-23)17-36(2)13-14-38/h4-8,11-12,16,18,21-22,38H,9-10,13-15,17H2,1-3H3,(H,33,34)(H,35,39). The summed E-state index contributed by atoms with van der Waals surface area (Å²) in [5.74, 6) is 1.42. The molecule has 2 aromatic carbocycles. The van der Waals surface area contributed by atoms with Crippen LogP contribution >= 0.6 is 11.3 Å². The van der Waals surface area contributed by atoms with Crippen molar-refractivity contribution in [2.45, 2.75) is 44.6 Å². The predicted octanol–water partition coefficient (Wildman–Crippen LogP) is 5.60. The van der Waals surface area contributed by atoms with Crippen LogP contribution in [0, 0.1) is 6.92 Å². The molecular weight excluding hydrogens is 534 g/mol. The Bertz CT molecular complexity index is 1630. The summed E-state index contributed by atoms with van der Waals surface area (Å²) in [5.41, 5.74) is 6.12. The number of aromatic nitrogens is 2. The van der Waals surface area contributed by atoms with Crippen molar-refractivity contribution in [1.29, 1.82) is 0 Å². The molecule has 1 fully saturated rings. The number of anilines is 3. The minimum Gasteiger partial charge on any atom is -0.395 e. The van der Waals surface area contributed by atoms with E-state index in [1.54, 1.807) is 24.6 Å². The molecule has 212 valence electrons. The lowest BCUT2D eigenvalue weighted by Gasteiger charge is -2.16. The van der Waals surface area contributed by atoms with E-state index in [4.69, 9.17) is 10.1 Å². The molecule has 1 saturated carbocycles. The van der Waals surface area contributed by atoms with E-state index in [1.165, 1.54) is 34.3 Å². The van der Waals surface area contributed by atoms with Gasteiger partial charge >= 0.3 is 0 Å². The number of nitrogens with one attached hydrogen (secondary N) is 2. The zero-order chi connectivity index (χ0) is 28.7. The molecule has 0 aliphatic heterocycles. The first-order valence-corrected chi connectivity index (χ1v) is 14.9. The Morgan fingerprint density at radius 2 is 1.95 bits per heavy atom. The molecule has 0 saturated heterocycles. The number of carbonyl (C=O) groups is 1. The van der Waals surface area contributed by atoms with Gasteiger partial charge < -0.3 is 20.3 Å². The number of thiophene rings is 1. The zero-order valence-electron chi connectivity index (χ0n) is 23.6. The number of aliphatic hydroxyl groups excluding tert-OH is 1. The second-order valence-corrected chi connectivity index (χ2v) is 12.3. The third-order valence-electron chi connectivity index (χ3n) is 8.34. The predicted molar refractivity (Wildman–Crippen MR) is 164 cm³/mol. The topological polar surface area (TPSA) is 99.5 Å². The number of benzene rings is 2. The summed E-state index contributed by atoms with van der Waals surface area (Å²) in [5, 5.41) is 15.4. The van der Waals surface area contributed by atoms with Crippen molar-refractivity contribution in [3.63, 3.8) is 0 Å². The highest BCUT2D eigenvalue weighted by atomic mass is 32.1. The molecule has 1 amide bonds. The van der Waals surface area contributed by atoms with Crippen molar-refractivity contribution < 1.29 is 9.90 Å². The van der Waals surface area contributed by atoms with Crippen LogP contribution in [-0.2, 0) is 13.6 Å². The minimum absolute atomic E-state index is 0.0779. The third-order valence-corrected chi connectivity index (χ3v) is 9.65. The van der Waals surface area contributed by atoms with E-state index in [1.807, 2.05) is 61.3 Å². The van der Waals surface area contributed by atoms with Gasteiger partial charge in [-0.3, -0.25) is 14.5 Å². The molecule has 2 aliphatic rings. The van der Waals surface area contributed by atoms with Gasteiger partial charge in [-0.25, -0.2) is 4.98 Å². The van der Waals surface area contributed by atoms with Crippen LogP contribution in [0.5, 0.6) is 0 Å². The van der Waals surface area contributed by atoms with Crippen molar-refractivity contribution in [2.75, 3.05) is 30.8 Å². The highest BCUT2D eigenvalue weighted by Crippen LogP contribution is 2.55. The summed E-state index contributed by atoms with van der Waals surface area (Å²) in [6.45, 7) is 3.41. The number of amides is 1. The molecule has 2 aliphatic carbocycles. The Labute approximate surface area is 243 Å². The maximum Gasteiger partial charge on any atom is 0.293 e. The van der Waals surface area contributed by atoms with Gasteiger partial charge in [0, 0.05) is 48.1 Å². The molecule has 4 aromatic rings. The van der Waals surface area contributed by atoms with Gasteiger partial charge in [0.25, 0.3) is 11.5 Å². The molecule has 0 radical (unpaired) electrons. The van der Waals surface area contributed by atoms with Gasteiger partial charge in [0.05, 0.1) is 17.2 Å². The van der Waals surface area contributed by atoms with E-state index in [-0.39, 0.29) is 23.9 Å². The lowest BCUT2D eigenvalue weighted by atomic mass is 9.99. The maximum absolute atomic E-state index is 13.2. The highest BCUT2D eigenvalue weighted by molar-refractivity contribution is 7.14. The number of carbonyl (C=O) groups excluding carboxylic acids is 1. The SMILES string of the molecule is Cc1c(NC(=O)c2cc3c(s2)C2CCC3C2)cccc1-c1cn(C)c(=O)c(Nc2ccc(CN(C)CCO)cc2)n1. The van der Waals surface area contributed by atoms with Gasteiger partial charge in [-0.2, -0.15) is 0 Å². The number of aryl methyl sites for hydroxylation is 1. The van der Waals surface area contributed by atoms with E-state index in [9.17, 15) is 9.59 Å². The van der Waals surface area contributed by atoms with Crippen molar-refractivity contribution >= 4 is 34.4 Å². The molecule has 41 heavy (non-hydrogen) atoms. The van der Waals surface area contributed by atoms with Crippen LogP contribution in [0.1, 0.15) is 62.3 Å². The van der Waals surface area contributed by atoms with E-state index >= 15 is 0 Å². The molecule has 0 spiro atoms. The fourth-order valence-electron chi connectivity index (χ4n) is 6.11. The van der Waals surface area contributed by atoms with Crippen molar-refractivity contribution in [2.24, 2.45) is 7.05 Å². The lowest BCUT2D eigenvalue weighted by Crippen LogP contribution is -2.22. The number of fused-ring (bicyclic) bond motifs is 5. The maximum atomic E-state index is 13.2. The van der Waals surface area contributed by atoms with Gasteiger partial charge in [0.15, 0.2) is 5.82 Å². The number of rotatable bonds is 9. The molecule has 9 heteroatoms. The second kappa shape index (κ2) is 11.2. The first kappa shape index (κ1) is 27.4. The van der Waals surface area contributed by atoms with Crippen LogP contribution in [0.15, 0.2) is 59.5 Å². The van der Waals surface area contributed by atoms with E-state index < -0.39 is 0 Å². The average molecular weight is 570 g/mol. The number of likely N-dealkylation sites (N-methyl/N-ethyl adjacent to an activating group) is 1. The van der Waals surface area contributed by atoms with Crippen LogP contribution < -0.4 is 16.2 Å². The molecule has 2 bridgehead atoms. The summed E-state index contributed by atoms with van der Waals surface area (Å²) < 4.78 is 1.52. The van der Waals surface area contributed by atoms with Crippen LogP contribution in [0.2, 0.25) is 0 Å². The van der Waals surface area contributed by atoms with Gasteiger partial charge in [-0.15, -0.1) is 11.3 Å². The molecule has 2 atom stereocenters. The Kier molecular flexibility index (Phi) is 7.50. The Balaban J connectivity index is 1.22.